The Morgan fingerprint density at radius 3 is 2.26 bits per heavy atom. The number of hydrogen-bond acceptors (Lipinski definition) is 5. The Morgan fingerprint density at radius 1 is 1.15 bits per heavy atom. The van der Waals surface area contributed by atoms with Crippen LogP contribution in [0.25, 0.3) is 0 Å². The molecule has 0 aliphatic carbocycles. The first-order valence-corrected chi connectivity index (χ1v) is 9.29. The van der Waals surface area contributed by atoms with Crippen molar-refractivity contribution in [1.29, 1.82) is 0 Å². The van der Waals surface area contributed by atoms with Gasteiger partial charge in [0, 0.05) is 0 Å². The number of hydrogen-bond donors (Lipinski definition) is 1. The van der Waals surface area contributed by atoms with Crippen molar-refractivity contribution in [2.75, 3.05) is 6.61 Å². The van der Waals surface area contributed by atoms with Crippen molar-refractivity contribution in [3.8, 4) is 5.75 Å². The predicted octanol–water partition coefficient (Wildman–Crippen LogP) is 5.26. The molecule has 1 aromatic rings. The first kappa shape index (κ1) is 23.5. The number of rotatable bonds is 7. The maximum Gasteiger partial charge on any atom is 0.422 e. The lowest BCUT2D eigenvalue weighted by atomic mass is 9.86. The van der Waals surface area contributed by atoms with E-state index in [1.807, 2.05) is 13.8 Å². The molecule has 0 spiro atoms. The van der Waals surface area contributed by atoms with E-state index in [0.29, 0.717) is 5.92 Å². The van der Waals surface area contributed by atoms with Crippen LogP contribution in [-0.4, -0.2) is 29.6 Å². The third-order valence-corrected chi connectivity index (χ3v) is 4.76. The maximum atomic E-state index is 12.6. The van der Waals surface area contributed by atoms with Gasteiger partial charge in [0.15, 0.2) is 5.75 Å². The summed E-state index contributed by atoms with van der Waals surface area (Å²) in [5.41, 5.74) is -0.699. The van der Waals surface area contributed by atoms with Crippen LogP contribution in [0, 0.1) is 11.3 Å². The Balaban J connectivity index is 3.11. The minimum atomic E-state index is -1.86. The van der Waals surface area contributed by atoms with Gasteiger partial charge in [-0.1, -0.05) is 68.9 Å². The van der Waals surface area contributed by atoms with E-state index < -0.39 is 29.2 Å². The number of carboxylic acid groups (broad SMARTS) is 1. The molecule has 1 aromatic carbocycles. The zero-order valence-corrected chi connectivity index (χ0v) is 17.7. The second kappa shape index (κ2) is 9.62. The Morgan fingerprint density at radius 2 is 1.74 bits per heavy atom. The second-order valence-corrected chi connectivity index (χ2v) is 8.42. The summed E-state index contributed by atoms with van der Waals surface area (Å²) in [6, 6.07) is 1.14. The van der Waals surface area contributed by atoms with E-state index in [2.05, 4.69) is 13.8 Å². The number of carbonyl (C=O) groups is 3. The summed E-state index contributed by atoms with van der Waals surface area (Å²) >= 11 is 17.9. The van der Waals surface area contributed by atoms with Gasteiger partial charge in [-0.15, -0.1) is 0 Å². The molecular weight excluding hydrogens is 419 g/mol. The molecule has 150 valence electrons. The van der Waals surface area contributed by atoms with E-state index in [0.717, 1.165) is 18.9 Å². The lowest BCUT2D eigenvalue weighted by molar-refractivity contribution is -0.158. The molecule has 0 aliphatic rings. The third kappa shape index (κ3) is 6.87. The first-order chi connectivity index (χ1) is 12.4. The molecule has 0 unspecified atom stereocenters. The number of aliphatic carboxylic acids is 1. The highest BCUT2D eigenvalue weighted by Crippen LogP contribution is 2.40. The fourth-order valence-corrected chi connectivity index (χ4v) is 2.80. The molecule has 0 amide bonds. The summed E-state index contributed by atoms with van der Waals surface area (Å²) in [6.07, 6.45) is 1.78. The van der Waals surface area contributed by atoms with Gasteiger partial charge in [-0.3, -0.25) is 0 Å². The normalized spacial score (nSPS) is 11.4. The summed E-state index contributed by atoms with van der Waals surface area (Å²) in [5.74, 6) is -4.41. The smallest absolute Gasteiger partial charge is 0.422 e. The molecular formula is C18H21Cl3O6. The quantitative estimate of drug-likeness (QED) is 0.270. The van der Waals surface area contributed by atoms with Gasteiger partial charge in [-0.2, -0.15) is 0 Å². The van der Waals surface area contributed by atoms with E-state index in [1.165, 1.54) is 0 Å². The van der Waals surface area contributed by atoms with Crippen LogP contribution in [0.15, 0.2) is 6.07 Å². The molecule has 0 heterocycles. The third-order valence-electron chi connectivity index (χ3n) is 3.69. The average molecular weight is 440 g/mol. The van der Waals surface area contributed by atoms with E-state index in [4.69, 9.17) is 49.4 Å². The van der Waals surface area contributed by atoms with Crippen LogP contribution >= 0.6 is 34.8 Å². The van der Waals surface area contributed by atoms with E-state index in [1.54, 1.807) is 0 Å². The molecule has 0 atom stereocenters. The summed E-state index contributed by atoms with van der Waals surface area (Å²) in [4.78, 5) is 34.7. The Kier molecular flexibility index (Phi) is 8.39. The van der Waals surface area contributed by atoms with Crippen LogP contribution < -0.4 is 4.74 Å². The summed E-state index contributed by atoms with van der Waals surface area (Å²) < 4.78 is 10.0. The van der Waals surface area contributed by atoms with Gasteiger partial charge < -0.3 is 14.6 Å². The monoisotopic (exact) mass is 438 g/mol. The Hall–Kier alpha value is -1.50. The molecule has 0 aromatic heterocycles. The largest absolute Gasteiger partial charge is 0.473 e. The van der Waals surface area contributed by atoms with Crippen LogP contribution in [0.5, 0.6) is 5.75 Å². The van der Waals surface area contributed by atoms with Crippen LogP contribution in [0.1, 0.15) is 50.9 Å². The van der Waals surface area contributed by atoms with E-state index in [9.17, 15) is 14.4 Å². The molecule has 0 bridgehead atoms. The van der Waals surface area contributed by atoms with Crippen molar-refractivity contribution in [3.63, 3.8) is 0 Å². The molecule has 1 N–H and O–H groups in total. The predicted molar refractivity (Wildman–Crippen MR) is 103 cm³/mol. The maximum absolute atomic E-state index is 12.6. The molecule has 0 saturated carbocycles. The van der Waals surface area contributed by atoms with Crippen LogP contribution in [0.4, 0.5) is 0 Å². The number of ether oxygens (including phenoxy) is 2. The molecule has 27 heavy (non-hydrogen) atoms. The summed E-state index contributed by atoms with van der Waals surface area (Å²) in [5, 5.41) is 8.15. The number of esters is 2. The topological polar surface area (TPSA) is 89.9 Å². The van der Waals surface area contributed by atoms with E-state index in [-0.39, 0.29) is 27.1 Å². The summed E-state index contributed by atoms with van der Waals surface area (Å²) in [7, 11) is 0. The molecule has 0 fully saturated rings. The lowest BCUT2D eigenvalue weighted by Crippen LogP contribution is -2.24. The van der Waals surface area contributed by atoms with E-state index >= 15 is 0 Å². The molecule has 9 heteroatoms. The number of carbonyl (C=O) groups excluding carboxylic acids is 2. The highest BCUT2D eigenvalue weighted by molar-refractivity contribution is 6.46. The fraction of sp³-hybridized carbons (Fsp3) is 0.500. The van der Waals surface area contributed by atoms with Crippen molar-refractivity contribution in [3.05, 3.63) is 26.7 Å². The second-order valence-electron chi connectivity index (χ2n) is 7.23. The standard InChI is InChI=1S/C18H21Cl3O6/c1-9(2)5-6-18(3,4)8-26-16(24)12-13(21)10(19)7-11(20)14(12)27-17(25)15(22)23/h7,9H,5-6,8H2,1-4H3,(H,22,23). The van der Waals surface area contributed by atoms with Gasteiger partial charge in [0.2, 0.25) is 0 Å². The van der Waals surface area contributed by atoms with Crippen LogP contribution in [0.3, 0.4) is 0 Å². The Bertz CT molecular complexity index is 743. The SMILES string of the molecule is CC(C)CCC(C)(C)COC(=O)c1c(Cl)c(Cl)cc(Cl)c1OC(=O)C(=O)O. The zero-order valence-electron chi connectivity index (χ0n) is 15.4. The van der Waals surface area contributed by atoms with Crippen molar-refractivity contribution in [2.45, 2.75) is 40.5 Å². The van der Waals surface area contributed by atoms with Crippen LogP contribution in [-0.2, 0) is 14.3 Å². The highest BCUT2D eigenvalue weighted by atomic mass is 35.5. The number of benzene rings is 1. The fourth-order valence-electron chi connectivity index (χ4n) is 2.08. The van der Waals surface area contributed by atoms with Crippen molar-refractivity contribution >= 4 is 52.7 Å². The number of carboxylic acids is 1. The molecule has 0 aliphatic heterocycles. The Labute approximate surface area is 172 Å². The van der Waals surface area contributed by atoms with Crippen molar-refractivity contribution in [1.82, 2.24) is 0 Å². The molecule has 0 radical (unpaired) electrons. The van der Waals surface area contributed by atoms with Gasteiger partial charge in [0.25, 0.3) is 0 Å². The summed E-state index contributed by atoms with van der Waals surface area (Å²) in [6.45, 7) is 8.16. The molecule has 0 saturated heterocycles. The minimum Gasteiger partial charge on any atom is -0.473 e. The molecule has 1 rings (SSSR count). The van der Waals surface area contributed by atoms with Gasteiger partial charge in [0.05, 0.1) is 21.7 Å². The first-order valence-electron chi connectivity index (χ1n) is 8.15. The van der Waals surface area contributed by atoms with Gasteiger partial charge in [0.1, 0.15) is 5.56 Å². The van der Waals surface area contributed by atoms with Crippen molar-refractivity contribution < 1.29 is 29.0 Å². The minimum absolute atomic E-state index is 0.0668. The van der Waals surface area contributed by atoms with Gasteiger partial charge in [-0.25, -0.2) is 14.4 Å². The lowest BCUT2D eigenvalue weighted by Gasteiger charge is -2.25. The molecule has 6 nitrogen and oxygen atoms in total. The number of halogens is 3. The average Bonchev–Trinajstić information content (AvgIpc) is 2.56. The van der Waals surface area contributed by atoms with Crippen LogP contribution in [0.2, 0.25) is 15.1 Å². The highest BCUT2D eigenvalue weighted by Gasteiger charge is 2.29. The van der Waals surface area contributed by atoms with Crippen molar-refractivity contribution in [2.24, 2.45) is 11.3 Å². The van der Waals surface area contributed by atoms with Gasteiger partial charge in [-0.05, 0) is 23.8 Å². The zero-order chi connectivity index (χ0) is 20.9. The van der Waals surface area contributed by atoms with Gasteiger partial charge >= 0.3 is 17.9 Å².